The lowest BCUT2D eigenvalue weighted by Crippen LogP contribution is -3.10. The van der Waals surface area contributed by atoms with Crippen molar-refractivity contribution in [2.75, 3.05) is 26.2 Å². The van der Waals surface area contributed by atoms with Crippen molar-refractivity contribution in [3.63, 3.8) is 0 Å². The second-order valence-corrected chi connectivity index (χ2v) is 7.16. The molecule has 2 nitrogen and oxygen atoms in total. The molecule has 0 radical (unpaired) electrons. The van der Waals surface area contributed by atoms with Gasteiger partial charge >= 0.3 is 0 Å². The van der Waals surface area contributed by atoms with Crippen LogP contribution in [0.3, 0.4) is 0 Å². The Morgan fingerprint density at radius 3 is 2.50 bits per heavy atom. The van der Waals surface area contributed by atoms with Crippen molar-refractivity contribution in [2.24, 2.45) is 0 Å². The van der Waals surface area contributed by atoms with E-state index in [0.29, 0.717) is 0 Å². The molecule has 0 amide bonds. The van der Waals surface area contributed by atoms with E-state index in [4.69, 9.17) is 4.74 Å². The van der Waals surface area contributed by atoms with Crippen LogP contribution >= 0.6 is 0 Å². The number of nitrogens with one attached hydrogen (secondary N) is 1. The smallest absolute Gasteiger partial charge is 0.123 e. The predicted molar refractivity (Wildman–Crippen MR) is 84.8 cm³/mol. The van der Waals surface area contributed by atoms with Gasteiger partial charge in [0.2, 0.25) is 0 Å². The van der Waals surface area contributed by atoms with Gasteiger partial charge in [-0.25, -0.2) is 0 Å². The average molecular weight is 276 g/mol. The van der Waals surface area contributed by atoms with Crippen LogP contribution in [0.4, 0.5) is 0 Å². The quantitative estimate of drug-likeness (QED) is 0.817. The van der Waals surface area contributed by atoms with Crippen molar-refractivity contribution in [2.45, 2.75) is 52.4 Å². The summed E-state index contributed by atoms with van der Waals surface area (Å²) < 4.78 is 6.09. The Morgan fingerprint density at radius 2 is 1.85 bits per heavy atom. The van der Waals surface area contributed by atoms with Crippen molar-refractivity contribution in [1.29, 1.82) is 0 Å². The molecule has 0 atom stereocenters. The summed E-state index contributed by atoms with van der Waals surface area (Å²) in [5, 5.41) is 0. The first kappa shape index (κ1) is 15.4. The molecule has 0 saturated carbocycles. The van der Waals surface area contributed by atoms with Crippen LogP contribution in [0.15, 0.2) is 18.2 Å². The maximum atomic E-state index is 6.09. The number of aryl methyl sites for hydroxylation is 1. The summed E-state index contributed by atoms with van der Waals surface area (Å²) in [7, 11) is 0. The Labute approximate surface area is 124 Å². The fraction of sp³-hybridized carbons (Fsp3) is 0.667. The molecular weight excluding hydrogens is 246 g/mol. The minimum atomic E-state index is 0.142. The third-order valence-corrected chi connectivity index (χ3v) is 4.19. The maximum Gasteiger partial charge on any atom is 0.123 e. The van der Waals surface area contributed by atoms with Gasteiger partial charge in [0.15, 0.2) is 0 Å². The molecule has 112 valence electrons. The van der Waals surface area contributed by atoms with E-state index in [2.05, 4.69) is 45.9 Å². The van der Waals surface area contributed by atoms with Gasteiger partial charge in [0.1, 0.15) is 5.75 Å². The van der Waals surface area contributed by atoms with Crippen molar-refractivity contribution in [3.05, 3.63) is 29.3 Å². The number of hydrogen-bond donors (Lipinski definition) is 1. The van der Waals surface area contributed by atoms with Crippen LogP contribution < -0.4 is 9.64 Å². The second kappa shape index (κ2) is 6.62. The fourth-order valence-electron chi connectivity index (χ4n) is 3.00. The topological polar surface area (TPSA) is 13.7 Å². The number of likely N-dealkylation sites (tertiary alicyclic amines) is 1. The second-order valence-electron chi connectivity index (χ2n) is 7.16. The maximum absolute atomic E-state index is 6.09. The zero-order valence-corrected chi connectivity index (χ0v) is 13.6. The third kappa shape index (κ3) is 4.24. The molecule has 1 heterocycles. The van der Waals surface area contributed by atoms with Crippen LogP contribution in [-0.2, 0) is 5.41 Å². The molecule has 2 heteroatoms. The van der Waals surface area contributed by atoms with Crippen molar-refractivity contribution in [3.8, 4) is 5.75 Å². The summed E-state index contributed by atoms with van der Waals surface area (Å²) >= 11 is 0. The molecule has 0 aromatic heterocycles. The lowest BCUT2D eigenvalue weighted by atomic mass is 9.86. The minimum Gasteiger partial charge on any atom is -0.493 e. The van der Waals surface area contributed by atoms with Gasteiger partial charge in [0.05, 0.1) is 26.2 Å². The molecule has 1 fully saturated rings. The van der Waals surface area contributed by atoms with E-state index < -0.39 is 0 Å². The van der Waals surface area contributed by atoms with Gasteiger partial charge in [-0.05, 0) is 29.5 Å². The van der Waals surface area contributed by atoms with E-state index in [9.17, 15) is 0 Å². The highest BCUT2D eigenvalue weighted by Crippen LogP contribution is 2.32. The first-order chi connectivity index (χ1) is 9.47. The summed E-state index contributed by atoms with van der Waals surface area (Å²) in [5.74, 6) is 1.08. The SMILES string of the molecule is Cc1ccc(C(C)(C)C)c(OCCC[NH+]2CCCC2)c1. The zero-order chi connectivity index (χ0) is 14.6. The standard InChI is InChI=1S/C18H29NO/c1-15-8-9-16(18(2,3)4)17(14-15)20-13-7-12-19-10-5-6-11-19/h8-9,14H,5-7,10-13H2,1-4H3/p+1. The molecule has 1 aromatic rings. The Balaban J connectivity index is 1.89. The molecule has 0 unspecified atom stereocenters. The molecular formula is C18H30NO+. The van der Waals surface area contributed by atoms with Crippen LogP contribution in [0.5, 0.6) is 5.75 Å². The van der Waals surface area contributed by atoms with Gasteiger partial charge in [-0.3, -0.25) is 0 Å². The van der Waals surface area contributed by atoms with Crippen LogP contribution in [0, 0.1) is 6.92 Å². The van der Waals surface area contributed by atoms with Crippen molar-refractivity contribution in [1.82, 2.24) is 0 Å². The molecule has 0 bridgehead atoms. The Kier molecular flexibility index (Phi) is 5.09. The molecule has 1 N–H and O–H groups in total. The number of quaternary nitrogens is 1. The van der Waals surface area contributed by atoms with Gasteiger partial charge in [-0.15, -0.1) is 0 Å². The van der Waals surface area contributed by atoms with Gasteiger partial charge < -0.3 is 9.64 Å². The van der Waals surface area contributed by atoms with Gasteiger partial charge in [0.25, 0.3) is 0 Å². The molecule has 1 saturated heterocycles. The lowest BCUT2D eigenvalue weighted by Gasteiger charge is -2.23. The highest BCUT2D eigenvalue weighted by Gasteiger charge is 2.19. The summed E-state index contributed by atoms with van der Waals surface area (Å²) in [5.41, 5.74) is 2.73. The molecule has 0 aliphatic carbocycles. The largest absolute Gasteiger partial charge is 0.493 e. The molecule has 1 aliphatic rings. The molecule has 20 heavy (non-hydrogen) atoms. The molecule has 0 spiro atoms. The number of rotatable bonds is 5. The Hall–Kier alpha value is -1.02. The van der Waals surface area contributed by atoms with Crippen LogP contribution in [0.25, 0.3) is 0 Å². The van der Waals surface area contributed by atoms with Gasteiger partial charge in [-0.1, -0.05) is 32.9 Å². The third-order valence-electron chi connectivity index (χ3n) is 4.19. The van der Waals surface area contributed by atoms with Crippen LogP contribution in [0.1, 0.15) is 51.2 Å². The molecule has 2 rings (SSSR count). The summed E-state index contributed by atoms with van der Waals surface area (Å²) in [4.78, 5) is 1.76. The Bertz CT molecular complexity index is 428. The highest BCUT2D eigenvalue weighted by atomic mass is 16.5. The summed E-state index contributed by atoms with van der Waals surface area (Å²) in [6, 6.07) is 6.58. The first-order valence-corrected chi connectivity index (χ1v) is 8.04. The summed E-state index contributed by atoms with van der Waals surface area (Å²) in [6.45, 7) is 13.7. The zero-order valence-electron chi connectivity index (χ0n) is 13.6. The summed E-state index contributed by atoms with van der Waals surface area (Å²) in [6.07, 6.45) is 3.97. The molecule has 1 aromatic carbocycles. The average Bonchev–Trinajstić information content (AvgIpc) is 2.86. The highest BCUT2D eigenvalue weighted by molar-refractivity contribution is 5.41. The first-order valence-electron chi connectivity index (χ1n) is 8.04. The van der Waals surface area contributed by atoms with E-state index in [0.717, 1.165) is 18.8 Å². The predicted octanol–water partition coefficient (Wildman–Crippen LogP) is 2.74. The van der Waals surface area contributed by atoms with E-state index in [1.165, 1.54) is 43.6 Å². The number of benzene rings is 1. The number of ether oxygens (including phenoxy) is 1. The van der Waals surface area contributed by atoms with E-state index in [-0.39, 0.29) is 5.41 Å². The van der Waals surface area contributed by atoms with Crippen LogP contribution in [0.2, 0.25) is 0 Å². The van der Waals surface area contributed by atoms with E-state index in [1.807, 2.05) is 0 Å². The number of hydrogen-bond acceptors (Lipinski definition) is 1. The van der Waals surface area contributed by atoms with E-state index >= 15 is 0 Å². The van der Waals surface area contributed by atoms with Gasteiger partial charge in [0, 0.05) is 19.3 Å². The fourth-order valence-corrected chi connectivity index (χ4v) is 3.00. The molecule has 1 aliphatic heterocycles. The van der Waals surface area contributed by atoms with E-state index in [1.54, 1.807) is 4.90 Å². The Morgan fingerprint density at radius 1 is 1.15 bits per heavy atom. The minimum absolute atomic E-state index is 0.142. The van der Waals surface area contributed by atoms with Crippen LogP contribution in [-0.4, -0.2) is 26.2 Å². The monoisotopic (exact) mass is 276 g/mol. The van der Waals surface area contributed by atoms with Crippen molar-refractivity contribution >= 4 is 0 Å². The van der Waals surface area contributed by atoms with Crippen molar-refractivity contribution < 1.29 is 9.64 Å². The van der Waals surface area contributed by atoms with Gasteiger partial charge in [-0.2, -0.15) is 0 Å². The normalized spacial score (nSPS) is 16.6. The lowest BCUT2D eigenvalue weighted by molar-refractivity contribution is -0.887.